The smallest absolute Gasteiger partial charge is 0.271 e. The Kier molecular flexibility index (Phi) is 6.87. The van der Waals surface area contributed by atoms with E-state index in [1.165, 1.54) is 36.4 Å². The van der Waals surface area contributed by atoms with Crippen molar-refractivity contribution in [2.45, 2.75) is 6.92 Å². The van der Waals surface area contributed by atoms with Crippen molar-refractivity contribution in [2.24, 2.45) is 11.7 Å². The lowest BCUT2D eigenvalue weighted by atomic mass is 10.2. The fourth-order valence-corrected chi connectivity index (χ4v) is 1.74. The van der Waals surface area contributed by atoms with Crippen molar-refractivity contribution in [1.29, 1.82) is 0 Å². The highest BCUT2D eigenvalue weighted by Gasteiger charge is 2.11. The molecule has 0 aliphatic heterocycles. The maximum Gasteiger partial charge on any atom is 0.271 e. The van der Waals surface area contributed by atoms with E-state index in [1.807, 2.05) is 6.92 Å². The number of carbonyl (C=O) groups is 1. The summed E-state index contributed by atoms with van der Waals surface area (Å²) >= 11 is 0. The van der Waals surface area contributed by atoms with Gasteiger partial charge in [-0.1, -0.05) is 6.92 Å². The molecule has 0 saturated carbocycles. The van der Waals surface area contributed by atoms with Gasteiger partial charge in [-0.3, -0.25) is 9.59 Å². The quantitative estimate of drug-likeness (QED) is 0.853. The molecule has 2 rings (SSSR count). The molecule has 1 heterocycles. The van der Waals surface area contributed by atoms with E-state index in [-0.39, 0.29) is 24.0 Å². The number of benzene rings is 1. The van der Waals surface area contributed by atoms with E-state index in [1.54, 1.807) is 0 Å². The number of rotatable bonds is 5. The van der Waals surface area contributed by atoms with Crippen LogP contribution in [0.5, 0.6) is 0 Å². The Morgan fingerprint density at radius 2 is 1.96 bits per heavy atom. The van der Waals surface area contributed by atoms with E-state index in [0.29, 0.717) is 18.8 Å². The standard InChI is InChI=1S/C15H17FN4O2.ClH/c1-10(8-17)9-18-15(22)13-6-7-14(21)20(19-13)12-4-2-11(16)3-5-12;/h2-7,10H,8-9,17H2,1H3,(H,18,22);1H. The van der Waals surface area contributed by atoms with E-state index >= 15 is 0 Å². The molecular weight excluding hydrogens is 323 g/mol. The van der Waals surface area contributed by atoms with E-state index < -0.39 is 17.3 Å². The molecule has 1 aromatic carbocycles. The van der Waals surface area contributed by atoms with Crippen molar-refractivity contribution in [3.8, 4) is 5.69 Å². The predicted octanol–water partition coefficient (Wildman–Crippen LogP) is 1.12. The van der Waals surface area contributed by atoms with Crippen molar-refractivity contribution < 1.29 is 9.18 Å². The fraction of sp³-hybridized carbons (Fsp3) is 0.267. The molecule has 0 saturated heterocycles. The first-order valence-corrected chi connectivity index (χ1v) is 6.86. The minimum absolute atomic E-state index is 0. The predicted molar refractivity (Wildman–Crippen MR) is 87.6 cm³/mol. The first-order valence-electron chi connectivity index (χ1n) is 6.86. The summed E-state index contributed by atoms with van der Waals surface area (Å²) < 4.78 is 14.0. The second kappa shape index (κ2) is 8.40. The number of carbonyl (C=O) groups excluding carboxylic acids is 1. The zero-order chi connectivity index (χ0) is 16.1. The van der Waals surface area contributed by atoms with E-state index in [0.717, 1.165) is 4.68 Å². The molecule has 2 aromatic rings. The largest absolute Gasteiger partial charge is 0.350 e. The van der Waals surface area contributed by atoms with Crippen LogP contribution >= 0.6 is 12.4 Å². The third-order valence-electron chi connectivity index (χ3n) is 3.12. The number of halogens is 2. The highest BCUT2D eigenvalue weighted by molar-refractivity contribution is 5.92. The number of amides is 1. The summed E-state index contributed by atoms with van der Waals surface area (Å²) in [6.07, 6.45) is 0. The first-order chi connectivity index (χ1) is 10.5. The van der Waals surface area contributed by atoms with Crippen LogP contribution in [0, 0.1) is 11.7 Å². The number of hydrogen-bond acceptors (Lipinski definition) is 4. The van der Waals surface area contributed by atoms with Crippen LogP contribution in [0.4, 0.5) is 4.39 Å². The molecule has 1 unspecified atom stereocenters. The average molecular weight is 341 g/mol. The molecule has 8 heteroatoms. The summed E-state index contributed by atoms with van der Waals surface area (Å²) in [6.45, 7) is 2.79. The van der Waals surface area contributed by atoms with E-state index in [9.17, 15) is 14.0 Å². The van der Waals surface area contributed by atoms with Crippen molar-refractivity contribution in [3.05, 3.63) is 58.3 Å². The van der Waals surface area contributed by atoms with Gasteiger partial charge in [0.15, 0.2) is 0 Å². The molecular formula is C15H18ClFN4O2. The zero-order valence-electron chi connectivity index (χ0n) is 12.5. The minimum atomic E-state index is -0.415. The molecule has 0 aliphatic carbocycles. The van der Waals surface area contributed by atoms with Crippen molar-refractivity contribution in [2.75, 3.05) is 13.1 Å². The lowest BCUT2D eigenvalue weighted by molar-refractivity contribution is 0.0941. The van der Waals surface area contributed by atoms with E-state index in [4.69, 9.17) is 5.73 Å². The summed E-state index contributed by atoms with van der Waals surface area (Å²) in [6, 6.07) is 7.88. The Balaban J connectivity index is 0.00000264. The van der Waals surface area contributed by atoms with Crippen LogP contribution in [0.2, 0.25) is 0 Å². The molecule has 0 fully saturated rings. The van der Waals surface area contributed by atoms with Crippen LogP contribution in [0.15, 0.2) is 41.2 Å². The molecule has 0 aliphatic rings. The Labute approximate surface area is 138 Å². The minimum Gasteiger partial charge on any atom is -0.350 e. The lowest BCUT2D eigenvalue weighted by Gasteiger charge is -2.10. The summed E-state index contributed by atoms with van der Waals surface area (Å²) in [4.78, 5) is 23.9. The van der Waals surface area contributed by atoms with Gasteiger partial charge >= 0.3 is 0 Å². The maximum atomic E-state index is 12.9. The second-order valence-electron chi connectivity index (χ2n) is 5.00. The molecule has 1 amide bonds. The number of aromatic nitrogens is 2. The maximum absolute atomic E-state index is 12.9. The van der Waals surface area contributed by atoms with Crippen molar-refractivity contribution >= 4 is 18.3 Å². The summed E-state index contributed by atoms with van der Waals surface area (Å²) in [7, 11) is 0. The lowest BCUT2D eigenvalue weighted by Crippen LogP contribution is -2.33. The molecule has 6 nitrogen and oxygen atoms in total. The summed E-state index contributed by atoms with van der Waals surface area (Å²) in [5.41, 5.74) is 5.57. The first kappa shape index (κ1) is 18.8. The van der Waals surface area contributed by atoms with Gasteiger partial charge in [0.25, 0.3) is 11.5 Å². The molecule has 0 radical (unpaired) electrons. The normalized spacial score (nSPS) is 11.4. The van der Waals surface area contributed by atoms with Gasteiger partial charge in [0.05, 0.1) is 5.69 Å². The molecule has 124 valence electrons. The van der Waals surface area contributed by atoms with Crippen molar-refractivity contribution in [1.82, 2.24) is 15.1 Å². The van der Waals surface area contributed by atoms with Crippen LogP contribution in [-0.4, -0.2) is 28.8 Å². The Bertz CT molecular complexity index is 718. The average Bonchev–Trinajstić information content (AvgIpc) is 2.53. The third-order valence-corrected chi connectivity index (χ3v) is 3.12. The van der Waals surface area contributed by atoms with Crippen LogP contribution in [-0.2, 0) is 0 Å². The molecule has 0 spiro atoms. The van der Waals surface area contributed by atoms with Crippen molar-refractivity contribution in [3.63, 3.8) is 0 Å². The molecule has 3 N–H and O–H groups in total. The van der Waals surface area contributed by atoms with E-state index in [2.05, 4.69) is 10.4 Å². The van der Waals surface area contributed by atoms with Gasteiger partial charge in [0.1, 0.15) is 11.5 Å². The number of nitrogens with one attached hydrogen (secondary N) is 1. The van der Waals surface area contributed by atoms with Crippen LogP contribution in [0.3, 0.4) is 0 Å². The second-order valence-corrected chi connectivity index (χ2v) is 5.00. The van der Waals surface area contributed by atoms with Gasteiger partial charge < -0.3 is 11.1 Å². The van der Waals surface area contributed by atoms with Gasteiger partial charge in [0, 0.05) is 12.6 Å². The Morgan fingerprint density at radius 1 is 1.30 bits per heavy atom. The van der Waals surface area contributed by atoms with Crippen LogP contribution in [0.1, 0.15) is 17.4 Å². The SMILES string of the molecule is CC(CN)CNC(=O)c1ccc(=O)n(-c2ccc(F)cc2)n1.Cl. The number of hydrogen-bond donors (Lipinski definition) is 2. The summed E-state index contributed by atoms with van der Waals surface area (Å²) in [5, 5.41) is 6.71. The molecule has 1 aromatic heterocycles. The molecule has 1 atom stereocenters. The Hall–Kier alpha value is -2.25. The van der Waals surface area contributed by atoms with Gasteiger partial charge in [-0.15, -0.1) is 12.4 Å². The third kappa shape index (κ3) is 4.87. The van der Waals surface area contributed by atoms with Gasteiger partial charge in [-0.05, 0) is 42.8 Å². The van der Waals surface area contributed by atoms with Gasteiger partial charge in [0.2, 0.25) is 0 Å². The Morgan fingerprint density at radius 3 is 2.57 bits per heavy atom. The fourth-order valence-electron chi connectivity index (χ4n) is 1.74. The molecule has 23 heavy (non-hydrogen) atoms. The monoisotopic (exact) mass is 340 g/mol. The molecule has 0 bridgehead atoms. The summed E-state index contributed by atoms with van der Waals surface area (Å²) in [5.74, 6) is -0.662. The van der Waals surface area contributed by atoms with Gasteiger partial charge in [-0.2, -0.15) is 9.78 Å². The van der Waals surface area contributed by atoms with Gasteiger partial charge in [-0.25, -0.2) is 4.39 Å². The number of nitrogens with two attached hydrogens (primary N) is 1. The van der Waals surface area contributed by atoms with Crippen LogP contribution < -0.4 is 16.6 Å². The topological polar surface area (TPSA) is 90.0 Å². The zero-order valence-corrected chi connectivity index (χ0v) is 13.3. The van der Waals surface area contributed by atoms with Crippen LogP contribution in [0.25, 0.3) is 5.69 Å². The highest BCUT2D eigenvalue weighted by atomic mass is 35.5. The highest BCUT2D eigenvalue weighted by Crippen LogP contribution is 2.06. The number of nitrogens with zero attached hydrogens (tertiary/aromatic N) is 2.